The smallest absolute Gasteiger partial charge is 0.0730 e. The van der Waals surface area contributed by atoms with Gasteiger partial charge in [0.15, 0.2) is 0 Å². The molecule has 2 fully saturated rings. The highest BCUT2D eigenvalue weighted by molar-refractivity contribution is 5.32. The second-order valence-electron chi connectivity index (χ2n) is 6.71. The maximum Gasteiger partial charge on any atom is 0.0730 e. The van der Waals surface area contributed by atoms with Crippen molar-refractivity contribution in [2.75, 3.05) is 26.2 Å². The molecule has 1 N–H and O–H groups in total. The van der Waals surface area contributed by atoms with Gasteiger partial charge in [-0.15, -0.1) is 0 Å². The Bertz CT molecular complexity index is 488. The lowest BCUT2D eigenvalue weighted by molar-refractivity contribution is -0.0904. The maximum absolute atomic E-state index is 6.01. The number of ether oxygens (including phenoxy) is 1. The Labute approximate surface area is 127 Å². The van der Waals surface area contributed by atoms with Crippen molar-refractivity contribution in [3.63, 3.8) is 0 Å². The van der Waals surface area contributed by atoms with Crippen LogP contribution in [-0.2, 0) is 11.2 Å². The molecular weight excluding hydrogens is 260 g/mol. The quantitative estimate of drug-likeness (QED) is 0.904. The van der Waals surface area contributed by atoms with Gasteiger partial charge in [0.1, 0.15) is 0 Å². The van der Waals surface area contributed by atoms with E-state index in [0.29, 0.717) is 18.2 Å². The number of nitrogens with zero attached hydrogens (tertiary/aromatic N) is 1. The molecule has 3 nitrogen and oxygen atoms in total. The van der Waals surface area contributed by atoms with Crippen molar-refractivity contribution in [2.45, 2.75) is 50.3 Å². The molecule has 1 aromatic carbocycles. The molecule has 1 saturated heterocycles. The van der Waals surface area contributed by atoms with Gasteiger partial charge in [-0.2, -0.15) is 0 Å². The van der Waals surface area contributed by atoms with Crippen LogP contribution in [0.4, 0.5) is 0 Å². The van der Waals surface area contributed by atoms with Gasteiger partial charge in [-0.05, 0) is 36.9 Å². The first-order chi connectivity index (χ1) is 10.4. The number of morpholine rings is 1. The average molecular weight is 286 g/mol. The third-order valence-electron chi connectivity index (χ3n) is 5.48. The van der Waals surface area contributed by atoms with E-state index in [1.165, 1.54) is 43.2 Å². The lowest BCUT2D eigenvalue weighted by Crippen LogP contribution is -2.54. The van der Waals surface area contributed by atoms with Gasteiger partial charge >= 0.3 is 0 Å². The van der Waals surface area contributed by atoms with Crippen molar-refractivity contribution in [3.8, 4) is 0 Å². The van der Waals surface area contributed by atoms with Crippen LogP contribution in [0.15, 0.2) is 24.3 Å². The van der Waals surface area contributed by atoms with E-state index in [2.05, 4.69) is 34.5 Å². The molecule has 3 atom stereocenters. The lowest BCUT2D eigenvalue weighted by atomic mass is 9.88. The van der Waals surface area contributed by atoms with E-state index in [0.717, 1.165) is 26.2 Å². The van der Waals surface area contributed by atoms with Crippen LogP contribution in [-0.4, -0.2) is 43.3 Å². The Kier molecular flexibility index (Phi) is 3.97. The summed E-state index contributed by atoms with van der Waals surface area (Å²) in [4.78, 5) is 2.70. The van der Waals surface area contributed by atoms with Gasteiger partial charge in [-0.3, -0.25) is 4.90 Å². The summed E-state index contributed by atoms with van der Waals surface area (Å²) in [6.07, 6.45) is 6.96. The van der Waals surface area contributed by atoms with Crippen molar-refractivity contribution in [3.05, 3.63) is 35.4 Å². The third kappa shape index (κ3) is 2.75. The fourth-order valence-corrected chi connectivity index (χ4v) is 4.39. The monoisotopic (exact) mass is 286 g/mol. The summed E-state index contributed by atoms with van der Waals surface area (Å²) in [7, 11) is 0. The highest BCUT2D eigenvalue weighted by Crippen LogP contribution is 2.31. The molecular formula is C18H26N2O. The third-order valence-corrected chi connectivity index (χ3v) is 5.48. The van der Waals surface area contributed by atoms with Gasteiger partial charge < -0.3 is 10.1 Å². The largest absolute Gasteiger partial charge is 0.375 e. The van der Waals surface area contributed by atoms with Gasteiger partial charge in [0, 0.05) is 25.2 Å². The highest BCUT2D eigenvalue weighted by Gasteiger charge is 2.35. The second-order valence-corrected chi connectivity index (χ2v) is 6.71. The molecule has 21 heavy (non-hydrogen) atoms. The molecule has 1 saturated carbocycles. The Morgan fingerprint density at radius 1 is 1.19 bits per heavy atom. The van der Waals surface area contributed by atoms with E-state index in [4.69, 9.17) is 4.74 Å². The Morgan fingerprint density at radius 3 is 3.10 bits per heavy atom. The summed E-state index contributed by atoms with van der Waals surface area (Å²) in [5.41, 5.74) is 3.05. The van der Waals surface area contributed by atoms with Crippen LogP contribution in [0.2, 0.25) is 0 Å². The van der Waals surface area contributed by atoms with E-state index in [1.807, 2.05) is 0 Å². The molecule has 0 amide bonds. The van der Waals surface area contributed by atoms with Crippen molar-refractivity contribution in [2.24, 2.45) is 0 Å². The van der Waals surface area contributed by atoms with Gasteiger partial charge in [-0.1, -0.05) is 37.1 Å². The Balaban J connectivity index is 1.50. The number of nitrogens with one attached hydrogen (secondary N) is 1. The van der Waals surface area contributed by atoms with E-state index in [-0.39, 0.29) is 0 Å². The number of hydrogen-bond donors (Lipinski definition) is 1. The zero-order valence-corrected chi connectivity index (χ0v) is 12.8. The minimum absolute atomic E-state index is 0.492. The molecule has 4 rings (SSSR count). The standard InChI is InChI=1S/C18H26N2O/c1-2-6-15-14(5-1)9-10-19-16(15)13-20-11-12-21-18-8-4-3-7-17(18)20/h1-2,5-6,16-19H,3-4,7-13H2. The number of rotatable bonds is 2. The average Bonchev–Trinajstić information content (AvgIpc) is 2.56. The van der Waals surface area contributed by atoms with Crippen LogP contribution in [0.1, 0.15) is 42.9 Å². The second kappa shape index (κ2) is 6.07. The molecule has 0 aromatic heterocycles. The zero-order chi connectivity index (χ0) is 14.1. The van der Waals surface area contributed by atoms with Gasteiger partial charge in [0.05, 0.1) is 12.7 Å². The Morgan fingerprint density at radius 2 is 2.10 bits per heavy atom. The molecule has 3 heteroatoms. The molecule has 3 aliphatic rings. The zero-order valence-electron chi connectivity index (χ0n) is 12.8. The van der Waals surface area contributed by atoms with Crippen LogP contribution in [0.3, 0.4) is 0 Å². The van der Waals surface area contributed by atoms with Gasteiger partial charge in [-0.25, -0.2) is 0 Å². The number of hydrogen-bond acceptors (Lipinski definition) is 3. The summed E-state index contributed by atoms with van der Waals surface area (Å²) >= 11 is 0. The molecule has 2 aliphatic heterocycles. The maximum atomic E-state index is 6.01. The van der Waals surface area contributed by atoms with Crippen LogP contribution < -0.4 is 5.32 Å². The summed E-state index contributed by atoms with van der Waals surface area (Å²) in [6.45, 7) is 4.26. The van der Waals surface area contributed by atoms with Crippen molar-refractivity contribution >= 4 is 0 Å². The fraction of sp³-hybridized carbons (Fsp3) is 0.667. The van der Waals surface area contributed by atoms with E-state index in [1.54, 1.807) is 0 Å². The topological polar surface area (TPSA) is 24.5 Å². The van der Waals surface area contributed by atoms with Crippen LogP contribution in [0.5, 0.6) is 0 Å². The molecule has 0 spiro atoms. The predicted molar refractivity (Wildman–Crippen MR) is 84.5 cm³/mol. The van der Waals surface area contributed by atoms with Gasteiger partial charge in [0.2, 0.25) is 0 Å². The van der Waals surface area contributed by atoms with Crippen LogP contribution in [0, 0.1) is 0 Å². The predicted octanol–water partition coefficient (Wildman–Crippen LogP) is 2.52. The van der Waals surface area contributed by atoms with Crippen molar-refractivity contribution in [1.29, 1.82) is 0 Å². The van der Waals surface area contributed by atoms with Crippen molar-refractivity contribution < 1.29 is 4.74 Å². The SMILES string of the molecule is c1ccc2c(c1)CCNC2CN1CCOC2CCCCC21. The minimum Gasteiger partial charge on any atom is -0.375 e. The van der Waals surface area contributed by atoms with E-state index < -0.39 is 0 Å². The first kappa shape index (κ1) is 13.7. The minimum atomic E-state index is 0.492. The highest BCUT2D eigenvalue weighted by atomic mass is 16.5. The first-order valence-electron chi connectivity index (χ1n) is 8.58. The van der Waals surface area contributed by atoms with Gasteiger partial charge in [0.25, 0.3) is 0 Å². The normalized spacial score (nSPS) is 33.2. The molecule has 3 unspecified atom stereocenters. The van der Waals surface area contributed by atoms with Crippen LogP contribution in [0.25, 0.3) is 0 Å². The Hall–Kier alpha value is -0.900. The molecule has 2 heterocycles. The molecule has 0 radical (unpaired) electrons. The van der Waals surface area contributed by atoms with Crippen LogP contribution >= 0.6 is 0 Å². The molecule has 114 valence electrons. The number of benzene rings is 1. The molecule has 1 aliphatic carbocycles. The first-order valence-corrected chi connectivity index (χ1v) is 8.58. The van der Waals surface area contributed by atoms with E-state index in [9.17, 15) is 0 Å². The fourth-order valence-electron chi connectivity index (χ4n) is 4.39. The lowest BCUT2D eigenvalue weighted by Gasteiger charge is -2.45. The molecule has 1 aromatic rings. The summed E-state index contributed by atoms with van der Waals surface area (Å²) < 4.78 is 6.01. The summed E-state index contributed by atoms with van der Waals surface area (Å²) in [6, 6.07) is 10.1. The summed E-state index contributed by atoms with van der Waals surface area (Å²) in [5.74, 6) is 0. The van der Waals surface area contributed by atoms with E-state index >= 15 is 0 Å². The number of fused-ring (bicyclic) bond motifs is 2. The van der Waals surface area contributed by atoms with Crippen molar-refractivity contribution in [1.82, 2.24) is 10.2 Å². The summed E-state index contributed by atoms with van der Waals surface area (Å²) in [5, 5.41) is 3.74. The molecule has 0 bridgehead atoms.